The van der Waals surface area contributed by atoms with Crippen LogP contribution in [0.4, 0.5) is 0 Å². The van der Waals surface area contributed by atoms with Crippen molar-refractivity contribution < 1.29 is 9.90 Å². The van der Waals surface area contributed by atoms with Crippen molar-refractivity contribution in [3.05, 3.63) is 0 Å². The topological polar surface area (TPSA) is 40.5 Å². The van der Waals surface area contributed by atoms with Crippen molar-refractivity contribution in [2.75, 3.05) is 13.1 Å². The third-order valence-electron chi connectivity index (χ3n) is 2.77. The number of amides is 1. The summed E-state index contributed by atoms with van der Waals surface area (Å²) in [6, 6.07) is 0. The summed E-state index contributed by atoms with van der Waals surface area (Å²) in [7, 11) is 0. The van der Waals surface area contributed by atoms with Crippen LogP contribution < -0.4 is 0 Å². The lowest BCUT2D eigenvalue weighted by Crippen LogP contribution is -2.44. The Labute approximate surface area is 79.7 Å². The van der Waals surface area contributed by atoms with Crippen molar-refractivity contribution in [3.63, 3.8) is 0 Å². The first-order chi connectivity index (χ1) is 6.15. The lowest BCUT2D eigenvalue weighted by Gasteiger charge is -2.33. The van der Waals surface area contributed by atoms with Crippen molar-refractivity contribution in [2.45, 2.75) is 39.2 Å². The third kappa shape index (κ3) is 2.69. The van der Waals surface area contributed by atoms with Crippen LogP contribution in [0.1, 0.15) is 33.1 Å². The highest BCUT2D eigenvalue weighted by molar-refractivity contribution is 5.80. The molecule has 2 unspecified atom stereocenters. The van der Waals surface area contributed by atoms with Crippen LogP contribution in [0.5, 0.6) is 0 Å². The summed E-state index contributed by atoms with van der Waals surface area (Å²) < 4.78 is 0. The number of carbonyl (C=O) groups excluding carboxylic acids is 1. The average molecular weight is 185 g/mol. The molecule has 0 aromatic rings. The second-order valence-corrected chi connectivity index (χ2v) is 3.88. The van der Waals surface area contributed by atoms with Gasteiger partial charge < -0.3 is 10.0 Å². The second kappa shape index (κ2) is 4.61. The predicted octanol–water partition coefficient (Wildman–Crippen LogP) is 1.02. The number of piperidine rings is 1. The number of hydrogen-bond donors (Lipinski definition) is 1. The molecule has 1 heterocycles. The lowest BCUT2D eigenvalue weighted by atomic mass is 9.95. The largest absolute Gasteiger partial charge is 0.384 e. The van der Waals surface area contributed by atoms with Crippen LogP contribution in [0.15, 0.2) is 0 Å². The minimum Gasteiger partial charge on any atom is -0.384 e. The van der Waals surface area contributed by atoms with Crippen molar-refractivity contribution >= 4 is 5.91 Å². The molecule has 0 aromatic heterocycles. The average Bonchev–Trinajstić information content (AvgIpc) is 2.16. The van der Waals surface area contributed by atoms with Gasteiger partial charge in [-0.2, -0.15) is 0 Å². The van der Waals surface area contributed by atoms with Gasteiger partial charge in [-0.05, 0) is 25.7 Å². The first kappa shape index (κ1) is 10.5. The predicted molar refractivity (Wildman–Crippen MR) is 51.3 cm³/mol. The van der Waals surface area contributed by atoms with E-state index in [4.69, 9.17) is 5.11 Å². The van der Waals surface area contributed by atoms with Crippen LogP contribution in [0.2, 0.25) is 0 Å². The molecule has 0 spiro atoms. The number of likely N-dealkylation sites (tertiary alicyclic amines) is 1. The van der Waals surface area contributed by atoms with Crippen LogP contribution in [-0.2, 0) is 4.79 Å². The van der Waals surface area contributed by atoms with E-state index in [2.05, 4.69) is 6.92 Å². The van der Waals surface area contributed by atoms with Crippen LogP contribution in [0.25, 0.3) is 0 Å². The Morgan fingerprint density at radius 2 is 2.38 bits per heavy atom. The van der Waals surface area contributed by atoms with Crippen molar-refractivity contribution in [3.8, 4) is 0 Å². The Kier molecular flexibility index (Phi) is 3.72. The van der Waals surface area contributed by atoms with E-state index in [1.54, 1.807) is 4.90 Å². The van der Waals surface area contributed by atoms with Gasteiger partial charge in [0.1, 0.15) is 6.10 Å². The highest BCUT2D eigenvalue weighted by Crippen LogP contribution is 2.19. The fourth-order valence-electron chi connectivity index (χ4n) is 1.86. The normalized spacial score (nSPS) is 25.8. The fourth-order valence-corrected chi connectivity index (χ4v) is 1.86. The van der Waals surface area contributed by atoms with Gasteiger partial charge in [-0.15, -0.1) is 0 Å². The highest BCUT2D eigenvalue weighted by atomic mass is 16.3. The molecule has 0 bridgehead atoms. The minimum absolute atomic E-state index is 0.113. The van der Waals surface area contributed by atoms with E-state index < -0.39 is 6.10 Å². The quantitative estimate of drug-likeness (QED) is 0.697. The standard InChI is InChI=1S/C10H19NO2/c1-3-9-5-4-6-11(7-9)10(13)8(2)12/h8-9,12H,3-7H2,1-2H3. The van der Waals surface area contributed by atoms with Gasteiger partial charge in [0.05, 0.1) is 0 Å². The summed E-state index contributed by atoms with van der Waals surface area (Å²) in [6.45, 7) is 5.35. The molecule has 0 aromatic carbocycles. The zero-order valence-corrected chi connectivity index (χ0v) is 8.49. The molecule has 1 rings (SSSR count). The third-order valence-corrected chi connectivity index (χ3v) is 2.77. The van der Waals surface area contributed by atoms with Crippen molar-refractivity contribution in [1.82, 2.24) is 4.90 Å². The molecule has 0 saturated carbocycles. The van der Waals surface area contributed by atoms with E-state index in [0.29, 0.717) is 5.92 Å². The maximum Gasteiger partial charge on any atom is 0.251 e. The first-order valence-electron chi connectivity index (χ1n) is 5.12. The van der Waals surface area contributed by atoms with Crippen LogP contribution in [-0.4, -0.2) is 35.1 Å². The Balaban J connectivity index is 2.46. The molecule has 3 heteroatoms. The first-order valence-corrected chi connectivity index (χ1v) is 5.12. The van der Waals surface area contributed by atoms with E-state index in [1.807, 2.05) is 0 Å². The van der Waals surface area contributed by atoms with Gasteiger partial charge in [-0.3, -0.25) is 4.79 Å². The lowest BCUT2D eigenvalue weighted by molar-refractivity contribution is -0.141. The van der Waals surface area contributed by atoms with Crippen molar-refractivity contribution in [2.24, 2.45) is 5.92 Å². The molecule has 1 amide bonds. The van der Waals surface area contributed by atoms with Crippen LogP contribution >= 0.6 is 0 Å². The van der Waals surface area contributed by atoms with E-state index in [-0.39, 0.29) is 5.91 Å². The number of rotatable bonds is 2. The number of carbonyl (C=O) groups is 1. The summed E-state index contributed by atoms with van der Waals surface area (Å²) >= 11 is 0. The molecular weight excluding hydrogens is 166 g/mol. The molecular formula is C10H19NO2. The zero-order chi connectivity index (χ0) is 9.84. The van der Waals surface area contributed by atoms with Gasteiger partial charge in [-0.25, -0.2) is 0 Å². The number of aliphatic hydroxyl groups is 1. The number of hydrogen-bond acceptors (Lipinski definition) is 2. The summed E-state index contributed by atoms with van der Waals surface area (Å²) in [5.74, 6) is 0.523. The highest BCUT2D eigenvalue weighted by Gasteiger charge is 2.24. The molecule has 0 aliphatic carbocycles. The molecule has 13 heavy (non-hydrogen) atoms. The van der Waals surface area contributed by atoms with E-state index in [0.717, 1.165) is 25.9 Å². The van der Waals surface area contributed by atoms with E-state index in [1.165, 1.54) is 13.3 Å². The zero-order valence-electron chi connectivity index (χ0n) is 8.49. The Hall–Kier alpha value is -0.570. The molecule has 1 fully saturated rings. The number of nitrogens with zero attached hydrogens (tertiary/aromatic N) is 1. The van der Waals surface area contributed by atoms with Gasteiger partial charge in [0.25, 0.3) is 5.91 Å². The van der Waals surface area contributed by atoms with Gasteiger partial charge in [0, 0.05) is 13.1 Å². The maximum absolute atomic E-state index is 11.4. The monoisotopic (exact) mass is 185 g/mol. The smallest absolute Gasteiger partial charge is 0.251 e. The summed E-state index contributed by atoms with van der Waals surface area (Å²) in [5, 5.41) is 9.14. The van der Waals surface area contributed by atoms with E-state index in [9.17, 15) is 4.79 Å². The molecule has 0 radical (unpaired) electrons. The molecule has 1 saturated heterocycles. The Bertz CT molecular complexity index is 180. The molecule has 1 aliphatic heterocycles. The summed E-state index contributed by atoms with van der Waals surface area (Å²) in [5.41, 5.74) is 0. The van der Waals surface area contributed by atoms with E-state index >= 15 is 0 Å². The van der Waals surface area contributed by atoms with Crippen LogP contribution in [0, 0.1) is 5.92 Å². The second-order valence-electron chi connectivity index (χ2n) is 3.88. The van der Waals surface area contributed by atoms with Gasteiger partial charge in [0.2, 0.25) is 0 Å². The molecule has 3 nitrogen and oxygen atoms in total. The van der Waals surface area contributed by atoms with Crippen molar-refractivity contribution in [1.29, 1.82) is 0 Å². The SMILES string of the molecule is CCC1CCCN(C(=O)C(C)O)C1. The summed E-state index contributed by atoms with van der Waals surface area (Å²) in [6.07, 6.45) is 2.59. The Morgan fingerprint density at radius 3 is 2.92 bits per heavy atom. The van der Waals surface area contributed by atoms with Crippen LogP contribution in [0.3, 0.4) is 0 Å². The minimum atomic E-state index is -0.837. The molecule has 1 aliphatic rings. The van der Waals surface area contributed by atoms with Gasteiger partial charge in [-0.1, -0.05) is 13.3 Å². The number of aliphatic hydroxyl groups excluding tert-OH is 1. The maximum atomic E-state index is 11.4. The summed E-state index contributed by atoms with van der Waals surface area (Å²) in [4.78, 5) is 13.2. The van der Waals surface area contributed by atoms with Gasteiger partial charge >= 0.3 is 0 Å². The molecule has 76 valence electrons. The van der Waals surface area contributed by atoms with Gasteiger partial charge in [0.15, 0.2) is 0 Å². The fraction of sp³-hybridized carbons (Fsp3) is 0.900. The molecule has 2 atom stereocenters. The Morgan fingerprint density at radius 1 is 1.69 bits per heavy atom. The molecule has 1 N–H and O–H groups in total.